The summed E-state index contributed by atoms with van der Waals surface area (Å²) in [4.78, 5) is 25.7. The van der Waals surface area contributed by atoms with Crippen LogP contribution in [0.4, 0.5) is 0 Å². The smallest absolute Gasteiger partial charge is 0.237 e. The minimum Gasteiger partial charge on any atom is -0.369 e. The highest BCUT2D eigenvalue weighted by Crippen LogP contribution is 2.16. The van der Waals surface area contributed by atoms with Gasteiger partial charge in [0.25, 0.3) is 0 Å². The minimum atomic E-state index is -0.0906. The topological polar surface area (TPSA) is 58.6 Å². The normalized spacial score (nSPS) is 18.0. The predicted molar refractivity (Wildman–Crippen MR) is 112 cm³/mol. The van der Waals surface area contributed by atoms with E-state index in [1.807, 2.05) is 46.7 Å². The number of hydrogen-bond acceptors (Lipinski definition) is 6. The highest BCUT2D eigenvalue weighted by molar-refractivity contribution is 7.09. The van der Waals surface area contributed by atoms with Gasteiger partial charge in [0.2, 0.25) is 5.91 Å². The van der Waals surface area contributed by atoms with Crippen molar-refractivity contribution in [1.29, 1.82) is 0 Å². The standard InChI is InChI=1S/C22H24N4O2S/c27-22-16-25(15-21-24-10-11-29-21)13-20(28-17-19-8-4-5-9-23-19)14-26(22)12-18-6-2-1-3-7-18/h1-11,20H,12-17H2. The molecular formula is C22H24N4O2S. The number of rotatable bonds is 7. The maximum atomic E-state index is 13.0. The van der Waals surface area contributed by atoms with E-state index in [2.05, 4.69) is 27.0 Å². The molecule has 1 aliphatic heterocycles. The first-order valence-electron chi connectivity index (χ1n) is 9.70. The van der Waals surface area contributed by atoms with Crippen molar-refractivity contribution in [3.8, 4) is 0 Å². The zero-order valence-electron chi connectivity index (χ0n) is 16.2. The third-order valence-corrected chi connectivity index (χ3v) is 5.61. The Hall–Kier alpha value is -2.61. The molecule has 0 N–H and O–H groups in total. The van der Waals surface area contributed by atoms with Crippen LogP contribution in [0, 0.1) is 0 Å². The molecule has 0 radical (unpaired) electrons. The lowest BCUT2D eigenvalue weighted by atomic mass is 10.2. The Bertz CT molecular complexity index is 890. The van der Waals surface area contributed by atoms with Crippen molar-refractivity contribution in [1.82, 2.24) is 19.8 Å². The fourth-order valence-corrected chi connectivity index (χ4v) is 4.10. The first-order valence-corrected chi connectivity index (χ1v) is 10.6. The van der Waals surface area contributed by atoms with Crippen molar-refractivity contribution >= 4 is 17.2 Å². The van der Waals surface area contributed by atoms with Gasteiger partial charge in [0.1, 0.15) is 5.01 Å². The summed E-state index contributed by atoms with van der Waals surface area (Å²) in [6.07, 6.45) is 3.48. The van der Waals surface area contributed by atoms with E-state index in [1.54, 1.807) is 23.7 Å². The number of carbonyl (C=O) groups is 1. The summed E-state index contributed by atoms with van der Waals surface area (Å²) in [5, 5.41) is 2.98. The van der Waals surface area contributed by atoms with Crippen LogP contribution in [0.15, 0.2) is 66.3 Å². The van der Waals surface area contributed by atoms with E-state index in [1.165, 1.54) is 0 Å². The SMILES string of the molecule is O=C1CN(Cc2nccs2)CC(OCc2ccccn2)CN1Cc1ccccc1. The lowest BCUT2D eigenvalue weighted by molar-refractivity contribution is -0.132. The average Bonchev–Trinajstić information content (AvgIpc) is 3.20. The number of nitrogens with zero attached hydrogens (tertiary/aromatic N) is 4. The molecule has 3 heterocycles. The highest BCUT2D eigenvalue weighted by Gasteiger charge is 2.29. The van der Waals surface area contributed by atoms with Gasteiger partial charge in [0.05, 0.1) is 31.5 Å². The van der Waals surface area contributed by atoms with Gasteiger partial charge in [-0.05, 0) is 17.7 Å². The average molecular weight is 409 g/mol. The molecule has 2 aromatic heterocycles. The largest absolute Gasteiger partial charge is 0.369 e. The van der Waals surface area contributed by atoms with Crippen molar-refractivity contribution in [3.05, 3.63) is 82.6 Å². The summed E-state index contributed by atoms with van der Waals surface area (Å²) in [6, 6.07) is 15.9. The van der Waals surface area contributed by atoms with Gasteiger partial charge in [-0.15, -0.1) is 11.3 Å². The molecule has 1 aromatic carbocycles. The van der Waals surface area contributed by atoms with Gasteiger partial charge < -0.3 is 9.64 Å². The summed E-state index contributed by atoms with van der Waals surface area (Å²) < 4.78 is 6.20. The third-order valence-electron chi connectivity index (χ3n) is 4.85. The molecule has 0 aliphatic carbocycles. The molecule has 3 aromatic rings. The second-order valence-corrected chi connectivity index (χ2v) is 8.09. The molecule has 1 saturated heterocycles. The Kier molecular flexibility index (Phi) is 6.61. The maximum Gasteiger partial charge on any atom is 0.237 e. The van der Waals surface area contributed by atoms with Crippen molar-refractivity contribution in [2.75, 3.05) is 19.6 Å². The number of pyridine rings is 1. The van der Waals surface area contributed by atoms with Gasteiger partial charge in [0, 0.05) is 37.4 Å². The first kappa shape index (κ1) is 19.7. The Morgan fingerprint density at radius 2 is 1.86 bits per heavy atom. The molecule has 0 saturated carbocycles. The zero-order chi connectivity index (χ0) is 19.9. The van der Waals surface area contributed by atoms with E-state index >= 15 is 0 Å². The van der Waals surface area contributed by atoms with Crippen LogP contribution in [0.3, 0.4) is 0 Å². The van der Waals surface area contributed by atoms with E-state index in [0.29, 0.717) is 39.3 Å². The second-order valence-electron chi connectivity index (χ2n) is 7.11. The first-order chi connectivity index (χ1) is 14.3. The van der Waals surface area contributed by atoms with Gasteiger partial charge in [-0.25, -0.2) is 4.98 Å². The van der Waals surface area contributed by atoms with Gasteiger partial charge in [-0.2, -0.15) is 0 Å². The number of hydrogen-bond donors (Lipinski definition) is 0. The van der Waals surface area contributed by atoms with Crippen LogP contribution in [0.25, 0.3) is 0 Å². The van der Waals surface area contributed by atoms with Crippen LogP contribution in [-0.2, 0) is 29.2 Å². The van der Waals surface area contributed by atoms with Gasteiger partial charge in [0.15, 0.2) is 0 Å². The summed E-state index contributed by atoms with van der Waals surface area (Å²) in [5.41, 5.74) is 2.02. The molecular weight excluding hydrogens is 384 g/mol. The van der Waals surface area contributed by atoms with Crippen molar-refractivity contribution in [3.63, 3.8) is 0 Å². The Morgan fingerprint density at radius 1 is 1.00 bits per heavy atom. The fourth-order valence-electron chi connectivity index (χ4n) is 3.44. The maximum absolute atomic E-state index is 13.0. The highest BCUT2D eigenvalue weighted by atomic mass is 32.1. The Balaban J connectivity index is 1.47. The number of thiazole rings is 1. The molecule has 150 valence electrons. The van der Waals surface area contributed by atoms with Crippen molar-refractivity contribution in [2.45, 2.75) is 25.8 Å². The van der Waals surface area contributed by atoms with Crippen LogP contribution in [0.2, 0.25) is 0 Å². The quantitative estimate of drug-likeness (QED) is 0.602. The lowest BCUT2D eigenvalue weighted by Gasteiger charge is -2.24. The molecule has 29 heavy (non-hydrogen) atoms. The monoisotopic (exact) mass is 408 g/mol. The number of benzene rings is 1. The predicted octanol–water partition coefficient (Wildman–Crippen LogP) is 2.97. The third kappa shape index (κ3) is 5.69. The number of amides is 1. The zero-order valence-corrected chi connectivity index (χ0v) is 17.0. The summed E-state index contributed by atoms with van der Waals surface area (Å²) >= 11 is 1.61. The summed E-state index contributed by atoms with van der Waals surface area (Å²) in [6.45, 7) is 3.30. The van der Waals surface area contributed by atoms with Crippen LogP contribution in [-0.4, -0.2) is 51.4 Å². The molecule has 7 heteroatoms. The summed E-state index contributed by atoms with van der Waals surface area (Å²) in [7, 11) is 0. The van der Waals surface area contributed by atoms with Gasteiger partial charge in [-0.3, -0.25) is 14.7 Å². The number of carbonyl (C=O) groups excluding carboxylic acids is 1. The van der Waals surface area contributed by atoms with E-state index in [4.69, 9.17) is 4.74 Å². The van der Waals surface area contributed by atoms with E-state index in [-0.39, 0.29) is 12.0 Å². The van der Waals surface area contributed by atoms with Crippen LogP contribution < -0.4 is 0 Å². The van der Waals surface area contributed by atoms with Gasteiger partial charge in [-0.1, -0.05) is 36.4 Å². The minimum absolute atomic E-state index is 0.0906. The second kappa shape index (κ2) is 9.73. The molecule has 1 amide bonds. The summed E-state index contributed by atoms with van der Waals surface area (Å²) in [5.74, 6) is 0.120. The van der Waals surface area contributed by atoms with Crippen molar-refractivity contribution < 1.29 is 9.53 Å². The lowest BCUT2D eigenvalue weighted by Crippen LogP contribution is -2.37. The number of ether oxygens (including phenoxy) is 1. The molecule has 0 bridgehead atoms. The molecule has 6 nitrogen and oxygen atoms in total. The fraction of sp³-hybridized carbons (Fsp3) is 0.318. The Morgan fingerprint density at radius 3 is 2.62 bits per heavy atom. The van der Waals surface area contributed by atoms with Crippen molar-refractivity contribution in [2.24, 2.45) is 0 Å². The molecule has 1 unspecified atom stereocenters. The molecule has 1 fully saturated rings. The molecule has 0 spiro atoms. The van der Waals surface area contributed by atoms with Crippen LogP contribution in [0.5, 0.6) is 0 Å². The van der Waals surface area contributed by atoms with E-state index in [0.717, 1.165) is 16.3 Å². The van der Waals surface area contributed by atoms with E-state index in [9.17, 15) is 4.79 Å². The van der Waals surface area contributed by atoms with Crippen LogP contribution >= 0.6 is 11.3 Å². The van der Waals surface area contributed by atoms with Gasteiger partial charge >= 0.3 is 0 Å². The molecule has 4 rings (SSSR count). The van der Waals surface area contributed by atoms with E-state index < -0.39 is 0 Å². The molecule has 1 atom stereocenters. The van der Waals surface area contributed by atoms with Crippen LogP contribution in [0.1, 0.15) is 16.3 Å². The Labute approximate surface area is 174 Å². The number of aromatic nitrogens is 2. The molecule has 1 aliphatic rings.